The number of amides is 1. The lowest BCUT2D eigenvalue weighted by atomic mass is 9.79. The van der Waals surface area contributed by atoms with Crippen LogP contribution in [0.15, 0.2) is 23.1 Å². The van der Waals surface area contributed by atoms with Crippen LogP contribution >= 0.6 is 11.8 Å². The van der Waals surface area contributed by atoms with Crippen molar-refractivity contribution >= 4 is 36.1 Å². The molecule has 0 aromatic heterocycles. The molecule has 7 heteroatoms. The molecule has 148 valence electrons. The highest BCUT2D eigenvalue weighted by Gasteiger charge is 2.52. The number of ether oxygens (including phenoxy) is 1. The lowest BCUT2D eigenvalue weighted by molar-refractivity contribution is 0.00578. The first-order valence-electron chi connectivity index (χ1n) is 9.53. The summed E-state index contributed by atoms with van der Waals surface area (Å²) in [6, 6.07) is 5.86. The van der Waals surface area contributed by atoms with Gasteiger partial charge in [-0.05, 0) is 78.9 Å². The van der Waals surface area contributed by atoms with Crippen molar-refractivity contribution in [3.63, 3.8) is 0 Å². The minimum Gasteiger partial charge on any atom is -0.444 e. The predicted molar refractivity (Wildman–Crippen MR) is 111 cm³/mol. The van der Waals surface area contributed by atoms with Crippen molar-refractivity contribution in [1.82, 2.24) is 0 Å². The van der Waals surface area contributed by atoms with Gasteiger partial charge in [-0.3, -0.25) is 5.32 Å². The van der Waals surface area contributed by atoms with Gasteiger partial charge in [0.2, 0.25) is 0 Å². The number of thioether (sulfide) groups is 1. The highest BCUT2D eigenvalue weighted by Crippen LogP contribution is 2.41. The second kappa shape index (κ2) is 7.01. The monoisotopic (exact) mass is 391 g/mol. The lowest BCUT2D eigenvalue weighted by Gasteiger charge is -2.32. The van der Waals surface area contributed by atoms with Crippen LogP contribution < -0.4 is 10.8 Å². The van der Waals surface area contributed by atoms with Gasteiger partial charge in [-0.25, -0.2) is 4.79 Å². The van der Waals surface area contributed by atoms with E-state index in [-0.39, 0.29) is 11.2 Å². The molecule has 1 amide bonds. The van der Waals surface area contributed by atoms with E-state index < -0.39 is 18.8 Å². The van der Waals surface area contributed by atoms with Crippen molar-refractivity contribution in [2.45, 2.75) is 88.3 Å². The van der Waals surface area contributed by atoms with Crippen molar-refractivity contribution in [3.8, 4) is 0 Å². The highest BCUT2D eigenvalue weighted by molar-refractivity contribution is 8.00. The molecule has 1 aliphatic heterocycles. The number of carbonyl (C=O) groups excluding carboxylic acids is 1. The first-order valence-corrected chi connectivity index (χ1v) is 10.4. The minimum atomic E-state index is -0.529. The van der Waals surface area contributed by atoms with Gasteiger partial charge in [0.15, 0.2) is 0 Å². The Bertz CT molecular complexity index is 709. The predicted octanol–water partition coefficient (Wildman–Crippen LogP) is 4.59. The summed E-state index contributed by atoms with van der Waals surface area (Å²) in [5, 5.41) is 3.45. The van der Waals surface area contributed by atoms with Gasteiger partial charge in [-0.15, -0.1) is 11.8 Å². The number of rotatable bonds is 4. The molecule has 0 bridgehead atoms. The van der Waals surface area contributed by atoms with Gasteiger partial charge in [-0.1, -0.05) is 6.07 Å². The molecule has 1 aromatic carbocycles. The van der Waals surface area contributed by atoms with Crippen molar-refractivity contribution < 1.29 is 18.8 Å². The molecule has 1 saturated carbocycles. The van der Waals surface area contributed by atoms with Gasteiger partial charge in [0.25, 0.3) is 0 Å². The number of benzene rings is 1. The van der Waals surface area contributed by atoms with E-state index >= 15 is 0 Å². The van der Waals surface area contributed by atoms with Crippen molar-refractivity contribution in [1.29, 1.82) is 0 Å². The standard InChI is InChI=1S/C20H30BNO4S/c1-18(2,3)24-17(23)22-13-8-11-15(16(12-13)27-14-9-10-14)21-25-19(4,5)20(6,7)26-21/h8,11-12,14H,9-10H2,1-7H3,(H,22,23). The Morgan fingerprint density at radius 2 is 1.78 bits per heavy atom. The Hall–Kier alpha value is -1.18. The molecule has 0 atom stereocenters. The summed E-state index contributed by atoms with van der Waals surface area (Å²) in [4.78, 5) is 13.2. The van der Waals surface area contributed by atoms with Crippen molar-refractivity contribution in [2.24, 2.45) is 0 Å². The molecule has 2 fully saturated rings. The summed E-state index contributed by atoms with van der Waals surface area (Å²) in [5.74, 6) is 0. The number of anilines is 1. The molecular weight excluding hydrogens is 361 g/mol. The molecule has 1 aromatic rings. The number of hydrogen-bond acceptors (Lipinski definition) is 5. The first-order chi connectivity index (χ1) is 12.4. The van der Waals surface area contributed by atoms with Crippen LogP contribution in [0.5, 0.6) is 0 Å². The molecule has 1 saturated heterocycles. The van der Waals surface area contributed by atoms with Crippen LogP contribution in [0.1, 0.15) is 61.3 Å². The van der Waals surface area contributed by atoms with E-state index in [9.17, 15) is 4.79 Å². The fourth-order valence-corrected chi connectivity index (χ4v) is 3.89. The molecule has 1 N–H and O–H groups in total. The maximum absolute atomic E-state index is 12.1. The third-order valence-corrected chi connectivity index (χ3v) is 6.40. The molecule has 2 aliphatic rings. The third-order valence-electron chi connectivity index (χ3n) is 4.98. The van der Waals surface area contributed by atoms with Gasteiger partial charge in [0, 0.05) is 15.8 Å². The molecule has 0 radical (unpaired) electrons. The topological polar surface area (TPSA) is 56.8 Å². The second-order valence-electron chi connectivity index (χ2n) is 9.28. The summed E-state index contributed by atoms with van der Waals surface area (Å²) < 4.78 is 17.8. The summed E-state index contributed by atoms with van der Waals surface area (Å²) in [5.41, 5.74) is 0.435. The maximum Gasteiger partial charge on any atom is 0.495 e. The molecule has 27 heavy (non-hydrogen) atoms. The Morgan fingerprint density at radius 1 is 1.19 bits per heavy atom. The number of carbonyl (C=O) groups is 1. The van der Waals surface area contributed by atoms with E-state index in [1.165, 1.54) is 12.8 Å². The van der Waals surface area contributed by atoms with Crippen LogP contribution in [-0.4, -0.2) is 35.3 Å². The Balaban J connectivity index is 1.82. The molecule has 5 nitrogen and oxygen atoms in total. The molecule has 3 rings (SSSR count). The van der Waals surface area contributed by atoms with E-state index in [0.29, 0.717) is 10.9 Å². The Kier molecular flexibility index (Phi) is 5.34. The van der Waals surface area contributed by atoms with Crippen LogP contribution in [0.3, 0.4) is 0 Å². The molecular formula is C20H30BNO4S. The summed E-state index contributed by atoms with van der Waals surface area (Å²) in [6.07, 6.45) is 1.99. The van der Waals surface area contributed by atoms with E-state index in [0.717, 1.165) is 10.4 Å². The first kappa shape index (κ1) is 20.6. The van der Waals surface area contributed by atoms with Gasteiger partial charge in [0.1, 0.15) is 5.60 Å². The van der Waals surface area contributed by atoms with Crippen LogP contribution in [0.25, 0.3) is 0 Å². The fraction of sp³-hybridized carbons (Fsp3) is 0.650. The van der Waals surface area contributed by atoms with E-state index in [1.807, 2.05) is 50.7 Å². The zero-order chi connectivity index (χ0) is 20.0. The second-order valence-corrected chi connectivity index (χ2v) is 10.6. The average molecular weight is 391 g/mol. The van der Waals surface area contributed by atoms with Crippen LogP contribution in [0.2, 0.25) is 0 Å². The molecule has 1 aliphatic carbocycles. The molecule has 0 spiro atoms. The lowest BCUT2D eigenvalue weighted by Crippen LogP contribution is -2.41. The fourth-order valence-electron chi connectivity index (χ4n) is 2.67. The van der Waals surface area contributed by atoms with E-state index in [1.54, 1.807) is 0 Å². The molecule has 0 unspecified atom stereocenters. The normalized spacial score (nSPS) is 21.2. The summed E-state index contributed by atoms with van der Waals surface area (Å²) in [6.45, 7) is 13.8. The van der Waals surface area contributed by atoms with Gasteiger partial charge in [-0.2, -0.15) is 0 Å². The third kappa shape index (κ3) is 5.01. The smallest absolute Gasteiger partial charge is 0.444 e. The summed E-state index contributed by atoms with van der Waals surface area (Å²) >= 11 is 1.83. The molecule has 1 heterocycles. The van der Waals surface area contributed by atoms with Crippen molar-refractivity contribution in [2.75, 3.05) is 5.32 Å². The van der Waals surface area contributed by atoms with Crippen LogP contribution in [-0.2, 0) is 14.0 Å². The summed E-state index contributed by atoms with van der Waals surface area (Å²) in [7, 11) is -0.410. The van der Waals surface area contributed by atoms with Crippen molar-refractivity contribution in [3.05, 3.63) is 18.2 Å². The Labute approximate surface area is 167 Å². The van der Waals surface area contributed by atoms with Crippen LogP contribution in [0, 0.1) is 0 Å². The van der Waals surface area contributed by atoms with Gasteiger partial charge in [0.05, 0.1) is 11.2 Å². The van der Waals surface area contributed by atoms with Gasteiger partial charge < -0.3 is 14.0 Å². The van der Waals surface area contributed by atoms with E-state index in [4.69, 9.17) is 14.0 Å². The Morgan fingerprint density at radius 3 is 2.30 bits per heavy atom. The SMILES string of the molecule is CC(C)(C)OC(=O)Nc1ccc(B2OC(C)(C)C(C)(C)O2)c(SC2CC2)c1. The number of nitrogens with one attached hydrogen (secondary N) is 1. The zero-order valence-electron chi connectivity index (χ0n) is 17.3. The number of hydrogen-bond donors (Lipinski definition) is 1. The van der Waals surface area contributed by atoms with Crippen LogP contribution in [0.4, 0.5) is 10.5 Å². The average Bonchev–Trinajstić information content (AvgIpc) is 3.24. The van der Waals surface area contributed by atoms with Gasteiger partial charge >= 0.3 is 13.2 Å². The quantitative estimate of drug-likeness (QED) is 0.761. The van der Waals surface area contributed by atoms with E-state index in [2.05, 4.69) is 33.0 Å². The highest BCUT2D eigenvalue weighted by atomic mass is 32.2. The minimum absolute atomic E-state index is 0.382. The zero-order valence-corrected chi connectivity index (χ0v) is 18.2. The maximum atomic E-state index is 12.1. The largest absolute Gasteiger partial charge is 0.495 e.